The predicted octanol–water partition coefficient (Wildman–Crippen LogP) is 4.01. The lowest BCUT2D eigenvalue weighted by Crippen LogP contribution is -2.32. The molecule has 0 spiro atoms. The zero-order valence-electron chi connectivity index (χ0n) is 16.1. The van der Waals surface area contributed by atoms with Gasteiger partial charge < -0.3 is 23.5 Å². The summed E-state index contributed by atoms with van der Waals surface area (Å²) in [6.07, 6.45) is 6.35. The molecular weight excluding hydrogens is 382 g/mol. The highest BCUT2D eigenvalue weighted by Crippen LogP contribution is 2.46. The predicted molar refractivity (Wildman–Crippen MR) is 107 cm³/mol. The Bertz CT molecular complexity index is 1230. The van der Waals surface area contributed by atoms with Gasteiger partial charge in [0.25, 0.3) is 0 Å². The van der Waals surface area contributed by atoms with E-state index in [0.717, 1.165) is 27.9 Å². The Morgan fingerprint density at radius 2 is 1.80 bits per heavy atom. The zero-order valence-corrected chi connectivity index (χ0v) is 16.1. The maximum Gasteiger partial charge on any atom is 0.250 e. The number of nitriles is 1. The number of rotatable bonds is 3. The maximum absolute atomic E-state index is 12.4. The fraction of sp³-hybridized carbons (Fsp3) is 0.130. The van der Waals surface area contributed by atoms with Gasteiger partial charge in [-0.15, -0.1) is 0 Å². The highest BCUT2D eigenvalue weighted by atomic mass is 16.5. The molecule has 4 aromatic rings. The largest absolute Gasteiger partial charge is 0.472 e. The van der Waals surface area contributed by atoms with Gasteiger partial charge in [0, 0.05) is 35.1 Å². The topological polar surface area (TPSA) is 93.3 Å². The number of anilines is 1. The Hall–Kier alpha value is -4.02. The first kappa shape index (κ1) is 18.0. The SMILES string of the molecule is Cn1c(C#N)ccc1-c1ccc2c(c1)C(c1ccoc1)(c1ccoc1)OCC(=O)N2. The summed E-state index contributed by atoms with van der Waals surface area (Å²) in [7, 11) is 1.84. The quantitative estimate of drug-likeness (QED) is 0.562. The normalized spacial score (nSPS) is 15.1. The molecule has 0 saturated heterocycles. The first-order valence-electron chi connectivity index (χ1n) is 9.33. The van der Waals surface area contributed by atoms with E-state index < -0.39 is 5.60 Å². The number of benzene rings is 1. The van der Waals surface area contributed by atoms with Crippen LogP contribution in [0.15, 0.2) is 76.4 Å². The molecule has 1 N–H and O–H groups in total. The van der Waals surface area contributed by atoms with Gasteiger partial charge in [-0.3, -0.25) is 4.79 Å². The first-order valence-corrected chi connectivity index (χ1v) is 9.33. The Morgan fingerprint density at radius 1 is 1.07 bits per heavy atom. The fourth-order valence-corrected chi connectivity index (χ4v) is 4.03. The number of hydrogen-bond acceptors (Lipinski definition) is 5. The fourth-order valence-electron chi connectivity index (χ4n) is 4.03. The van der Waals surface area contributed by atoms with Crippen LogP contribution in [-0.2, 0) is 22.2 Å². The minimum atomic E-state index is -1.10. The van der Waals surface area contributed by atoms with Crippen LogP contribution < -0.4 is 5.32 Å². The van der Waals surface area contributed by atoms with Crippen LogP contribution in [0.5, 0.6) is 0 Å². The Kier molecular flexibility index (Phi) is 4.09. The molecule has 4 heterocycles. The molecule has 0 bridgehead atoms. The van der Waals surface area contributed by atoms with Crippen LogP contribution in [0.25, 0.3) is 11.3 Å². The molecule has 0 aliphatic carbocycles. The van der Waals surface area contributed by atoms with E-state index in [0.29, 0.717) is 11.4 Å². The molecule has 148 valence electrons. The minimum absolute atomic E-state index is 0.136. The van der Waals surface area contributed by atoms with Crippen molar-refractivity contribution in [3.05, 3.63) is 89.9 Å². The van der Waals surface area contributed by atoms with Crippen LogP contribution in [0.4, 0.5) is 5.69 Å². The number of aromatic nitrogens is 1. The van der Waals surface area contributed by atoms with Crippen LogP contribution in [0, 0.1) is 11.3 Å². The second-order valence-electron chi connectivity index (χ2n) is 7.08. The van der Waals surface area contributed by atoms with Crippen LogP contribution in [0.3, 0.4) is 0 Å². The van der Waals surface area contributed by atoms with Crippen molar-refractivity contribution >= 4 is 11.6 Å². The molecule has 3 aromatic heterocycles. The molecular formula is C23H17N3O4. The molecule has 0 atom stereocenters. The summed E-state index contributed by atoms with van der Waals surface area (Å²) >= 11 is 0. The lowest BCUT2D eigenvalue weighted by Gasteiger charge is -2.32. The van der Waals surface area contributed by atoms with Crippen molar-refractivity contribution < 1.29 is 18.4 Å². The summed E-state index contributed by atoms with van der Waals surface area (Å²) in [5, 5.41) is 12.2. The van der Waals surface area contributed by atoms with Gasteiger partial charge in [-0.05, 0) is 42.0 Å². The van der Waals surface area contributed by atoms with E-state index >= 15 is 0 Å². The number of carbonyl (C=O) groups excluding carboxylic acids is 1. The number of hydrogen-bond donors (Lipinski definition) is 1. The van der Waals surface area contributed by atoms with E-state index in [1.54, 1.807) is 31.1 Å². The van der Waals surface area contributed by atoms with Gasteiger partial charge in [-0.25, -0.2) is 0 Å². The second-order valence-corrected chi connectivity index (χ2v) is 7.08. The van der Waals surface area contributed by atoms with E-state index in [9.17, 15) is 10.1 Å². The highest BCUT2D eigenvalue weighted by molar-refractivity contribution is 5.94. The second kappa shape index (κ2) is 6.79. The summed E-state index contributed by atoms with van der Waals surface area (Å²) in [6.45, 7) is -0.136. The lowest BCUT2D eigenvalue weighted by molar-refractivity contribution is -0.123. The molecule has 1 aliphatic heterocycles. The van der Waals surface area contributed by atoms with Gasteiger partial charge in [0.15, 0.2) is 5.60 Å². The Morgan fingerprint density at radius 3 is 2.40 bits per heavy atom. The number of nitrogens with zero attached hydrogens (tertiary/aromatic N) is 2. The molecule has 0 saturated carbocycles. The molecule has 1 aromatic carbocycles. The molecule has 7 heteroatoms. The van der Waals surface area contributed by atoms with E-state index in [1.807, 2.05) is 48.0 Å². The van der Waals surface area contributed by atoms with Gasteiger partial charge in [0.2, 0.25) is 5.91 Å². The zero-order chi connectivity index (χ0) is 20.7. The number of amides is 1. The molecule has 5 rings (SSSR count). The standard InChI is InChI=1S/C23H17N3O4/c1-26-18(11-24)3-5-21(26)15-2-4-20-19(10-15)23(16-6-8-28-12-16,17-7-9-29-13-17)30-14-22(27)25-20/h2-10,12-13H,14H2,1H3,(H,25,27). The van der Waals surface area contributed by atoms with Crippen LogP contribution in [0.2, 0.25) is 0 Å². The Labute approximate surface area is 172 Å². The van der Waals surface area contributed by atoms with Crippen molar-refractivity contribution in [1.29, 1.82) is 5.26 Å². The van der Waals surface area contributed by atoms with Crippen molar-refractivity contribution in [2.75, 3.05) is 11.9 Å². The van der Waals surface area contributed by atoms with Gasteiger partial charge >= 0.3 is 0 Å². The smallest absolute Gasteiger partial charge is 0.250 e. The lowest BCUT2D eigenvalue weighted by atomic mass is 9.81. The first-order chi connectivity index (χ1) is 14.6. The average Bonchev–Trinajstić information content (AvgIpc) is 3.51. The van der Waals surface area contributed by atoms with Gasteiger partial charge in [0.1, 0.15) is 18.4 Å². The molecule has 0 radical (unpaired) electrons. The van der Waals surface area contributed by atoms with Crippen molar-refractivity contribution in [2.45, 2.75) is 5.60 Å². The molecule has 7 nitrogen and oxygen atoms in total. The average molecular weight is 399 g/mol. The highest BCUT2D eigenvalue weighted by Gasteiger charge is 2.44. The summed E-state index contributed by atoms with van der Waals surface area (Å²) in [5.41, 5.74) is 4.07. The number of furan rings is 2. The number of carbonyl (C=O) groups is 1. The third-order valence-electron chi connectivity index (χ3n) is 5.48. The molecule has 0 unspecified atom stereocenters. The minimum Gasteiger partial charge on any atom is -0.472 e. The van der Waals surface area contributed by atoms with Crippen molar-refractivity contribution in [1.82, 2.24) is 4.57 Å². The van der Waals surface area contributed by atoms with Crippen molar-refractivity contribution in [3.63, 3.8) is 0 Å². The molecule has 1 amide bonds. The summed E-state index contributed by atoms with van der Waals surface area (Å²) in [4.78, 5) is 12.4. The van der Waals surface area contributed by atoms with Crippen molar-refractivity contribution in [2.24, 2.45) is 7.05 Å². The number of nitrogens with one attached hydrogen (secondary N) is 1. The summed E-state index contributed by atoms with van der Waals surface area (Å²) in [5.74, 6) is -0.247. The van der Waals surface area contributed by atoms with Crippen LogP contribution >= 0.6 is 0 Å². The molecule has 1 aliphatic rings. The summed E-state index contributed by atoms with van der Waals surface area (Å²) < 4.78 is 18.8. The molecule has 30 heavy (non-hydrogen) atoms. The Balaban J connectivity index is 1.80. The van der Waals surface area contributed by atoms with Crippen LogP contribution in [-0.4, -0.2) is 17.1 Å². The third-order valence-corrected chi connectivity index (χ3v) is 5.48. The van der Waals surface area contributed by atoms with E-state index in [4.69, 9.17) is 13.6 Å². The van der Waals surface area contributed by atoms with Gasteiger partial charge in [-0.1, -0.05) is 6.07 Å². The van der Waals surface area contributed by atoms with E-state index in [-0.39, 0.29) is 12.5 Å². The third kappa shape index (κ3) is 2.59. The molecule has 0 fully saturated rings. The number of ether oxygens (including phenoxy) is 1. The monoisotopic (exact) mass is 399 g/mol. The maximum atomic E-state index is 12.4. The summed E-state index contributed by atoms with van der Waals surface area (Å²) in [6, 6.07) is 15.2. The van der Waals surface area contributed by atoms with Gasteiger partial charge in [0.05, 0.1) is 25.1 Å². The van der Waals surface area contributed by atoms with Crippen LogP contribution in [0.1, 0.15) is 22.4 Å². The number of fused-ring (bicyclic) bond motifs is 1. The van der Waals surface area contributed by atoms with Crippen molar-refractivity contribution in [3.8, 4) is 17.3 Å². The van der Waals surface area contributed by atoms with E-state index in [1.165, 1.54) is 0 Å². The van der Waals surface area contributed by atoms with Gasteiger partial charge in [-0.2, -0.15) is 5.26 Å². The van der Waals surface area contributed by atoms with E-state index in [2.05, 4.69) is 11.4 Å².